The van der Waals surface area contributed by atoms with Crippen molar-refractivity contribution in [2.75, 3.05) is 19.6 Å². The first-order valence-corrected chi connectivity index (χ1v) is 8.71. The minimum absolute atomic E-state index is 0. The zero-order valence-electron chi connectivity index (χ0n) is 14.3. The molecule has 3 unspecified atom stereocenters. The molecule has 0 aromatic heterocycles. The van der Waals surface area contributed by atoms with Crippen LogP contribution in [0.1, 0.15) is 49.7 Å². The molecule has 2 aliphatic heterocycles. The molecule has 0 bridgehead atoms. The van der Waals surface area contributed by atoms with Crippen molar-refractivity contribution in [1.29, 1.82) is 0 Å². The van der Waals surface area contributed by atoms with Crippen molar-refractivity contribution in [3.05, 3.63) is 35.4 Å². The zero-order chi connectivity index (χ0) is 15.5. The number of amides is 1. The molecule has 3 nitrogen and oxygen atoms in total. The SMILES string of the molecule is Cc1ccccc1C1CC(C)N(C(=O)CCC2CCNC2)C1.Cl. The van der Waals surface area contributed by atoms with Crippen molar-refractivity contribution >= 4 is 18.3 Å². The Kier molecular flexibility index (Phi) is 6.49. The van der Waals surface area contributed by atoms with Crippen LogP contribution in [-0.4, -0.2) is 36.5 Å². The molecule has 0 radical (unpaired) electrons. The molecule has 4 heteroatoms. The Balaban J connectivity index is 0.00000192. The lowest BCUT2D eigenvalue weighted by Gasteiger charge is -2.22. The van der Waals surface area contributed by atoms with Crippen LogP contribution in [0.3, 0.4) is 0 Å². The van der Waals surface area contributed by atoms with Gasteiger partial charge in [0.05, 0.1) is 0 Å². The number of hydrogen-bond donors (Lipinski definition) is 1. The summed E-state index contributed by atoms with van der Waals surface area (Å²) in [6.45, 7) is 7.49. The van der Waals surface area contributed by atoms with E-state index < -0.39 is 0 Å². The van der Waals surface area contributed by atoms with Crippen LogP contribution in [0.15, 0.2) is 24.3 Å². The summed E-state index contributed by atoms with van der Waals surface area (Å²) in [5.41, 5.74) is 2.77. The summed E-state index contributed by atoms with van der Waals surface area (Å²) in [4.78, 5) is 14.7. The highest BCUT2D eigenvalue weighted by Gasteiger charge is 2.33. The minimum Gasteiger partial charge on any atom is -0.339 e. The largest absolute Gasteiger partial charge is 0.339 e. The van der Waals surface area contributed by atoms with Gasteiger partial charge in [0.2, 0.25) is 5.91 Å². The number of likely N-dealkylation sites (tertiary alicyclic amines) is 1. The smallest absolute Gasteiger partial charge is 0.222 e. The quantitative estimate of drug-likeness (QED) is 0.912. The molecule has 1 aromatic carbocycles. The number of aryl methyl sites for hydroxylation is 1. The molecule has 3 rings (SSSR count). The second kappa shape index (κ2) is 8.16. The number of rotatable bonds is 4. The number of halogens is 1. The fourth-order valence-electron chi connectivity index (χ4n) is 4.08. The second-order valence-electron chi connectivity index (χ2n) is 7.08. The van der Waals surface area contributed by atoms with Gasteiger partial charge in [-0.25, -0.2) is 0 Å². The molecule has 2 fully saturated rings. The van der Waals surface area contributed by atoms with Crippen LogP contribution in [-0.2, 0) is 4.79 Å². The summed E-state index contributed by atoms with van der Waals surface area (Å²) in [6.07, 6.45) is 4.09. The Hall–Kier alpha value is -1.06. The Morgan fingerprint density at radius 2 is 2.13 bits per heavy atom. The molecule has 1 aromatic rings. The molecule has 0 aliphatic carbocycles. The highest BCUT2D eigenvalue weighted by atomic mass is 35.5. The average Bonchev–Trinajstić information content (AvgIpc) is 3.15. The fourth-order valence-corrected chi connectivity index (χ4v) is 4.08. The van der Waals surface area contributed by atoms with Gasteiger partial charge in [-0.3, -0.25) is 4.79 Å². The first-order valence-electron chi connectivity index (χ1n) is 8.71. The van der Waals surface area contributed by atoms with Crippen molar-refractivity contribution in [2.24, 2.45) is 5.92 Å². The topological polar surface area (TPSA) is 32.3 Å². The van der Waals surface area contributed by atoms with Crippen molar-refractivity contribution in [1.82, 2.24) is 10.2 Å². The number of nitrogens with zero attached hydrogens (tertiary/aromatic N) is 1. The molecular formula is C19H29ClN2O. The van der Waals surface area contributed by atoms with Gasteiger partial charge >= 0.3 is 0 Å². The molecule has 2 aliphatic rings. The molecule has 1 N–H and O–H groups in total. The number of nitrogens with one attached hydrogen (secondary N) is 1. The van der Waals surface area contributed by atoms with Gasteiger partial charge in [0.25, 0.3) is 0 Å². The Morgan fingerprint density at radius 3 is 2.83 bits per heavy atom. The maximum absolute atomic E-state index is 12.6. The Labute approximate surface area is 146 Å². The van der Waals surface area contributed by atoms with Crippen LogP contribution >= 0.6 is 12.4 Å². The molecule has 0 saturated carbocycles. The lowest BCUT2D eigenvalue weighted by molar-refractivity contribution is -0.132. The van der Waals surface area contributed by atoms with E-state index in [1.54, 1.807) is 0 Å². The first-order chi connectivity index (χ1) is 10.6. The molecule has 1 amide bonds. The van der Waals surface area contributed by atoms with E-state index in [0.717, 1.165) is 38.9 Å². The molecule has 2 heterocycles. The lowest BCUT2D eigenvalue weighted by Crippen LogP contribution is -2.34. The van der Waals surface area contributed by atoms with Gasteiger partial charge in [0.1, 0.15) is 0 Å². The van der Waals surface area contributed by atoms with E-state index in [4.69, 9.17) is 0 Å². The van der Waals surface area contributed by atoms with E-state index in [9.17, 15) is 4.79 Å². The second-order valence-corrected chi connectivity index (χ2v) is 7.08. The summed E-state index contributed by atoms with van der Waals surface area (Å²) < 4.78 is 0. The highest BCUT2D eigenvalue weighted by molar-refractivity contribution is 5.85. The van der Waals surface area contributed by atoms with E-state index in [1.165, 1.54) is 17.5 Å². The maximum Gasteiger partial charge on any atom is 0.222 e. The summed E-state index contributed by atoms with van der Waals surface area (Å²) in [7, 11) is 0. The molecule has 3 atom stereocenters. The van der Waals surface area contributed by atoms with Crippen LogP contribution < -0.4 is 5.32 Å². The number of hydrogen-bond acceptors (Lipinski definition) is 2. The number of carbonyl (C=O) groups is 1. The fraction of sp³-hybridized carbons (Fsp3) is 0.632. The molecular weight excluding hydrogens is 308 g/mol. The normalized spacial score (nSPS) is 27.0. The lowest BCUT2D eigenvalue weighted by atomic mass is 9.93. The van der Waals surface area contributed by atoms with E-state index in [-0.39, 0.29) is 12.4 Å². The number of benzene rings is 1. The summed E-state index contributed by atoms with van der Waals surface area (Å²) in [5.74, 6) is 1.57. The predicted molar refractivity (Wildman–Crippen MR) is 97.2 cm³/mol. The van der Waals surface area contributed by atoms with E-state index in [0.29, 0.717) is 23.8 Å². The summed E-state index contributed by atoms with van der Waals surface area (Å²) in [5, 5.41) is 3.38. The number of carbonyl (C=O) groups excluding carboxylic acids is 1. The van der Waals surface area contributed by atoms with E-state index in [2.05, 4.69) is 48.3 Å². The third kappa shape index (κ3) is 4.27. The highest BCUT2D eigenvalue weighted by Crippen LogP contribution is 2.33. The van der Waals surface area contributed by atoms with Crippen molar-refractivity contribution in [3.63, 3.8) is 0 Å². The maximum atomic E-state index is 12.6. The minimum atomic E-state index is 0. The molecule has 0 spiro atoms. The summed E-state index contributed by atoms with van der Waals surface area (Å²) in [6, 6.07) is 8.99. The molecule has 128 valence electrons. The van der Waals surface area contributed by atoms with E-state index >= 15 is 0 Å². The van der Waals surface area contributed by atoms with Gasteiger partial charge < -0.3 is 10.2 Å². The molecule has 2 saturated heterocycles. The van der Waals surface area contributed by atoms with Gasteiger partial charge in [-0.15, -0.1) is 12.4 Å². The van der Waals surface area contributed by atoms with Crippen LogP contribution in [0.2, 0.25) is 0 Å². The van der Waals surface area contributed by atoms with E-state index in [1.807, 2.05) is 0 Å². The standard InChI is InChI=1S/C19H28N2O.ClH/c1-14-5-3-4-6-18(14)17-11-15(2)21(13-17)19(22)8-7-16-9-10-20-12-16;/h3-6,15-17,20H,7-13H2,1-2H3;1H. The van der Waals surface area contributed by atoms with Crippen LogP contribution in [0, 0.1) is 12.8 Å². The first kappa shape index (κ1) is 18.3. The third-order valence-corrected chi connectivity index (χ3v) is 5.45. The zero-order valence-corrected chi connectivity index (χ0v) is 15.1. The third-order valence-electron chi connectivity index (χ3n) is 5.45. The van der Waals surface area contributed by atoms with Crippen molar-refractivity contribution in [2.45, 2.75) is 51.5 Å². The van der Waals surface area contributed by atoms with Gasteiger partial charge in [0, 0.05) is 24.9 Å². The van der Waals surface area contributed by atoms with Gasteiger partial charge in [-0.05, 0) is 63.2 Å². The molecule has 23 heavy (non-hydrogen) atoms. The summed E-state index contributed by atoms with van der Waals surface area (Å²) >= 11 is 0. The van der Waals surface area contributed by atoms with Crippen molar-refractivity contribution in [3.8, 4) is 0 Å². The van der Waals surface area contributed by atoms with Crippen LogP contribution in [0.5, 0.6) is 0 Å². The Bertz CT molecular complexity index is 528. The van der Waals surface area contributed by atoms with Gasteiger partial charge in [0.15, 0.2) is 0 Å². The Morgan fingerprint density at radius 1 is 1.35 bits per heavy atom. The van der Waals surface area contributed by atoms with Crippen LogP contribution in [0.25, 0.3) is 0 Å². The average molecular weight is 337 g/mol. The van der Waals surface area contributed by atoms with Crippen LogP contribution in [0.4, 0.5) is 0 Å². The van der Waals surface area contributed by atoms with Crippen molar-refractivity contribution < 1.29 is 4.79 Å². The monoisotopic (exact) mass is 336 g/mol. The van der Waals surface area contributed by atoms with Gasteiger partial charge in [-0.2, -0.15) is 0 Å². The predicted octanol–water partition coefficient (Wildman–Crippen LogP) is 3.51. The van der Waals surface area contributed by atoms with Gasteiger partial charge in [-0.1, -0.05) is 24.3 Å².